The second kappa shape index (κ2) is 20.4. The topological polar surface area (TPSA) is 213 Å². The molecule has 0 saturated heterocycles. The SMILES string of the molecule is CCN(CC)C(=O)COc1cc2c(O)c3c([O-])c(C)c4c(c13)C(=O)C(C)(O/C=C/C(OC)C(C)C(OC(C)=O)C(C)C(O)C(C)C(O)C(C)/C=C/C=C(\C)C(=O)N2)O4.[Na+]. The smallest absolute Gasteiger partial charge is 0.872 e. The first-order chi connectivity index (χ1) is 27.2. The fourth-order valence-electron chi connectivity index (χ4n) is 7.54. The maximum atomic E-state index is 14.4. The summed E-state index contributed by atoms with van der Waals surface area (Å²) in [6, 6.07) is 1.24. The van der Waals surface area contributed by atoms with Crippen molar-refractivity contribution in [1.29, 1.82) is 0 Å². The van der Waals surface area contributed by atoms with Gasteiger partial charge in [-0.05, 0) is 39.3 Å². The van der Waals surface area contributed by atoms with Crippen LogP contribution in [-0.4, -0.2) is 101 Å². The summed E-state index contributed by atoms with van der Waals surface area (Å²) in [6.07, 6.45) is 3.51. The number of likely N-dealkylation sites (N-methyl/N-ethyl adjacent to an activating group) is 1. The summed E-state index contributed by atoms with van der Waals surface area (Å²) in [5.41, 5.74) is -0.215. The molecule has 3 heterocycles. The molecule has 4 N–H and O–H groups in total. The van der Waals surface area contributed by atoms with Crippen LogP contribution in [0.2, 0.25) is 0 Å². The number of ketones is 1. The molecule has 318 valence electrons. The summed E-state index contributed by atoms with van der Waals surface area (Å²) in [5, 5.41) is 50.6. The van der Waals surface area contributed by atoms with Crippen LogP contribution >= 0.6 is 0 Å². The number of ether oxygens (including phenoxy) is 5. The van der Waals surface area contributed by atoms with Crippen molar-refractivity contribution in [1.82, 2.24) is 4.90 Å². The van der Waals surface area contributed by atoms with E-state index >= 15 is 0 Å². The van der Waals surface area contributed by atoms with Crippen LogP contribution in [0.4, 0.5) is 5.69 Å². The predicted octanol–water partition coefficient (Wildman–Crippen LogP) is 1.67. The number of nitrogens with zero attached hydrogens (tertiary/aromatic N) is 1. The Bertz CT molecular complexity index is 1990. The number of benzene rings is 2. The third-order valence-corrected chi connectivity index (χ3v) is 11.3. The molecule has 9 atom stereocenters. The summed E-state index contributed by atoms with van der Waals surface area (Å²) in [6.45, 7) is 16.3. The zero-order valence-corrected chi connectivity index (χ0v) is 38.1. The number of esters is 1. The number of allylic oxidation sites excluding steroid dienone is 2. The molecule has 3 aliphatic heterocycles. The van der Waals surface area contributed by atoms with Crippen molar-refractivity contribution in [2.45, 2.75) is 99.4 Å². The van der Waals surface area contributed by atoms with Crippen molar-refractivity contribution in [2.24, 2.45) is 23.7 Å². The molecule has 15 nitrogen and oxygen atoms in total. The van der Waals surface area contributed by atoms with Gasteiger partial charge in [-0.1, -0.05) is 51.7 Å². The molecule has 59 heavy (non-hydrogen) atoms. The molecule has 0 aliphatic carbocycles. The Morgan fingerprint density at radius 3 is 2.24 bits per heavy atom. The molecule has 5 rings (SSSR count). The molecule has 3 aliphatic rings. The molecule has 0 radical (unpaired) electrons. The van der Waals surface area contributed by atoms with Crippen LogP contribution < -0.4 is 49.5 Å². The fraction of sp³-hybridized carbons (Fsp3) is 0.535. The van der Waals surface area contributed by atoms with Crippen LogP contribution in [0.15, 0.2) is 42.2 Å². The Labute approximate surface area is 367 Å². The number of aliphatic hydroxyl groups is 2. The first kappa shape index (κ1) is 49.2. The zero-order valence-electron chi connectivity index (χ0n) is 36.1. The van der Waals surface area contributed by atoms with Gasteiger partial charge >= 0.3 is 41.3 Å². The Balaban J connectivity index is 0.00000930. The molecule has 5 bridgehead atoms. The average Bonchev–Trinajstić information content (AvgIpc) is 3.45. The van der Waals surface area contributed by atoms with Crippen LogP contribution in [0, 0.1) is 30.6 Å². The predicted molar refractivity (Wildman–Crippen MR) is 213 cm³/mol. The largest absolute Gasteiger partial charge is 1.00 e. The van der Waals surface area contributed by atoms with E-state index < -0.39 is 89.6 Å². The van der Waals surface area contributed by atoms with Crippen molar-refractivity contribution in [3.05, 3.63) is 53.3 Å². The van der Waals surface area contributed by atoms with Gasteiger partial charge in [-0.3, -0.25) is 19.2 Å². The van der Waals surface area contributed by atoms with Crippen LogP contribution in [0.1, 0.15) is 78.2 Å². The van der Waals surface area contributed by atoms with Crippen molar-refractivity contribution >= 4 is 40.0 Å². The van der Waals surface area contributed by atoms with Gasteiger partial charge in [-0.2, -0.15) is 0 Å². The molecule has 0 fully saturated rings. The number of hydrogen-bond acceptors (Lipinski definition) is 13. The van der Waals surface area contributed by atoms with Gasteiger partial charge in [0.25, 0.3) is 17.6 Å². The number of hydrogen-bond donors (Lipinski definition) is 4. The minimum atomic E-state index is -2.05. The van der Waals surface area contributed by atoms with Gasteiger partial charge in [-0.15, -0.1) is 0 Å². The minimum Gasteiger partial charge on any atom is -0.872 e. The van der Waals surface area contributed by atoms with Crippen LogP contribution in [0.5, 0.6) is 23.0 Å². The quantitative estimate of drug-likeness (QED) is 0.178. The molecule has 2 aromatic carbocycles. The monoisotopic (exact) mass is 832 g/mol. The second-order valence-corrected chi connectivity index (χ2v) is 15.2. The Morgan fingerprint density at radius 1 is 1.00 bits per heavy atom. The second-order valence-electron chi connectivity index (χ2n) is 15.2. The van der Waals surface area contributed by atoms with E-state index in [2.05, 4.69) is 5.32 Å². The van der Waals surface area contributed by atoms with Gasteiger partial charge in [-0.25, -0.2) is 0 Å². The molecule has 9 unspecified atom stereocenters. The van der Waals surface area contributed by atoms with Gasteiger partial charge in [0.1, 0.15) is 23.4 Å². The first-order valence-electron chi connectivity index (χ1n) is 19.5. The maximum Gasteiger partial charge on any atom is 1.00 e. The number of fused-ring (bicyclic) bond motifs is 14. The molecule has 2 aromatic rings. The Hall–Kier alpha value is -4.12. The Morgan fingerprint density at radius 2 is 1.64 bits per heavy atom. The van der Waals surface area contributed by atoms with Crippen molar-refractivity contribution in [3.8, 4) is 23.0 Å². The number of aromatic hydroxyl groups is 1. The summed E-state index contributed by atoms with van der Waals surface area (Å²) >= 11 is 0. The normalized spacial score (nSPS) is 29.6. The van der Waals surface area contributed by atoms with E-state index in [-0.39, 0.29) is 80.1 Å². The summed E-state index contributed by atoms with van der Waals surface area (Å²) < 4.78 is 29.6. The minimum absolute atomic E-state index is 0. The van der Waals surface area contributed by atoms with Crippen LogP contribution in [0.3, 0.4) is 0 Å². The van der Waals surface area contributed by atoms with Gasteiger partial charge in [0.2, 0.25) is 0 Å². The van der Waals surface area contributed by atoms with Crippen molar-refractivity contribution < 1.29 is 92.8 Å². The standard InChI is InChI=1S/C43H58N2O13.Na/c1-12-45(13-2)31(47)20-55-30-19-28-38(51)33-32(30)34-40(26(8)37(33)50)58-43(10,41(34)52)56-18-17-29(54-11)23(5)39(57-27(9)46)25(7)36(49)24(6)35(48)21(3)15-14-16-22(4)42(53)44-28;/h14-19,21,23-25,29,35-36,39,48-51H,12-13,20H2,1-11H3,(H,44,53);/q;+1/p-1/b15-14+,18-17+,22-16+;. The first-order valence-corrected chi connectivity index (χ1v) is 19.5. The van der Waals surface area contributed by atoms with E-state index in [1.807, 2.05) is 0 Å². The van der Waals surface area contributed by atoms with E-state index in [0.717, 1.165) is 0 Å². The number of anilines is 1. The van der Waals surface area contributed by atoms with Crippen LogP contribution in [-0.2, 0) is 28.6 Å². The van der Waals surface area contributed by atoms with E-state index in [1.54, 1.807) is 53.7 Å². The third-order valence-electron chi connectivity index (χ3n) is 11.3. The van der Waals surface area contributed by atoms with Gasteiger partial charge in [0, 0.05) is 80.1 Å². The average molecular weight is 833 g/mol. The molecular formula is C43H57N2NaO13. The maximum absolute atomic E-state index is 14.4. The number of rotatable bonds is 7. The van der Waals surface area contributed by atoms with Crippen molar-refractivity contribution in [2.75, 3.05) is 32.1 Å². The number of nitrogens with one attached hydrogen (secondary N) is 1. The zero-order chi connectivity index (χ0) is 43.4. The molecule has 2 amide bonds. The number of Topliss-reactive ketones (excluding diaryl/α,β-unsaturated/α-hetero) is 1. The summed E-state index contributed by atoms with van der Waals surface area (Å²) in [7, 11) is 1.43. The number of phenols is 1. The Kier molecular flexibility index (Phi) is 17.1. The fourth-order valence-corrected chi connectivity index (χ4v) is 7.54. The van der Waals surface area contributed by atoms with Crippen LogP contribution in [0.25, 0.3) is 10.8 Å². The summed E-state index contributed by atoms with van der Waals surface area (Å²) in [5.74, 6) is -8.55. The van der Waals surface area contributed by atoms with E-state index in [0.29, 0.717) is 13.1 Å². The van der Waals surface area contributed by atoms with Crippen molar-refractivity contribution in [3.63, 3.8) is 0 Å². The molecular weight excluding hydrogens is 775 g/mol. The number of aliphatic hydroxyl groups excluding tert-OH is 2. The number of phenolic OH excluding ortho intramolecular Hbond substituents is 1. The van der Waals surface area contributed by atoms with E-state index in [1.165, 1.54) is 64.2 Å². The van der Waals surface area contributed by atoms with Gasteiger partial charge in [0.05, 0.1) is 35.8 Å². The van der Waals surface area contributed by atoms with Gasteiger partial charge < -0.3 is 54.3 Å². The molecule has 16 heteroatoms. The van der Waals surface area contributed by atoms with E-state index in [4.69, 9.17) is 23.7 Å². The molecule has 0 spiro atoms. The third kappa shape index (κ3) is 10.3. The molecule has 0 aromatic heterocycles. The molecule has 0 saturated carbocycles. The number of carbonyl (C=O) groups is 4. The summed E-state index contributed by atoms with van der Waals surface area (Å²) in [4.78, 5) is 54.9. The number of methoxy groups -OCH3 is 1. The number of amides is 2. The number of carbonyl (C=O) groups excluding carboxylic acids is 4. The van der Waals surface area contributed by atoms with Gasteiger partial charge in [0.15, 0.2) is 6.61 Å². The van der Waals surface area contributed by atoms with E-state index in [9.17, 15) is 39.6 Å².